The third-order valence-electron chi connectivity index (χ3n) is 3.35. The van der Waals surface area contributed by atoms with Gasteiger partial charge in [0, 0.05) is 15.5 Å². The Bertz CT molecular complexity index is 636. The zero-order chi connectivity index (χ0) is 15.4. The molecule has 2 aromatic rings. The lowest BCUT2D eigenvalue weighted by Gasteiger charge is -2.20. The Hall–Kier alpha value is -1.10. The number of benzene rings is 2. The molecule has 21 heavy (non-hydrogen) atoms. The van der Waals surface area contributed by atoms with Crippen molar-refractivity contribution in [3.05, 3.63) is 62.8 Å². The zero-order valence-electron chi connectivity index (χ0n) is 11.8. The molecule has 0 aliphatic carbocycles. The molecule has 2 rings (SSSR count). The van der Waals surface area contributed by atoms with Gasteiger partial charge in [0.1, 0.15) is 11.6 Å². The summed E-state index contributed by atoms with van der Waals surface area (Å²) in [6.45, 7) is 0. The van der Waals surface area contributed by atoms with Crippen LogP contribution in [0.15, 0.2) is 40.9 Å². The van der Waals surface area contributed by atoms with E-state index in [0.29, 0.717) is 11.4 Å². The van der Waals surface area contributed by atoms with E-state index in [-0.39, 0.29) is 11.9 Å². The van der Waals surface area contributed by atoms with Crippen LogP contribution >= 0.6 is 27.5 Å². The van der Waals surface area contributed by atoms with Gasteiger partial charge in [-0.2, -0.15) is 0 Å². The quantitative estimate of drug-likeness (QED) is 0.817. The lowest BCUT2D eigenvalue weighted by Crippen LogP contribution is -2.19. The molecule has 0 aliphatic heterocycles. The third-order valence-corrected chi connectivity index (χ3v) is 4.17. The molecule has 0 amide bonds. The summed E-state index contributed by atoms with van der Waals surface area (Å²) in [7, 11) is 3.50. The van der Waals surface area contributed by atoms with Gasteiger partial charge in [-0.3, -0.25) is 0 Å². The largest absolute Gasteiger partial charge is 0.496 e. The Labute approximate surface area is 137 Å². The van der Waals surface area contributed by atoms with E-state index in [4.69, 9.17) is 16.3 Å². The molecule has 0 radical (unpaired) electrons. The molecule has 1 N–H and O–H groups in total. The van der Waals surface area contributed by atoms with Crippen LogP contribution in [-0.4, -0.2) is 14.2 Å². The molecular weight excluding hydrogens is 357 g/mol. The van der Waals surface area contributed by atoms with Crippen LogP contribution < -0.4 is 10.1 Å². The van der Waals surface area contributed by atoms with E-state index < -0.39 is 0 Å². The summed E-state index contributed by atoms with van der Waals surface area (Å²) >= 11 is 9.62. The van der Waals surface area contributed by atoms with Gasteiger partial charge in [0.2, 0.25) is 0 Å². The first kappa shape index (κ1) is 16.3. The minimum absolute atomic E-state index is 0.0266. The molecule has 1 unspecified atom stereocenters. The van der Waals surface area contributed by atoms with Crippen LogP contribution in [0, 0.1) is 5.82 Å². The molecule has 0 saturated heterocycles. The molecule has 0 spiro atoms. The van der Waals surface area contributed by atoms with Crippen LogP contribution in [0.1, 0.15) is 17.2 Å². The van der Waals surface area contributed by atoms with E-state index in [2.05, 4.69) is 21.2 Å². The number of hydrogen-bond donors (Lipinski definition) is 1. The molecule has 0 fully saturated rings. The predicted octanol–water partition coefficient (Wildman–Crippen LogP) is 4.75. The van der Waals surface area contributed by atoms with E-state index in [9.17, 15) is 4.39 Å². The van der Waals surface area contributed by atoms with Crippen LogP contribution in [0.4, 0.5) is 4.39 Å². The van der Waals surface area contributed by atoms with Crippen molar-refractivity contribution in [1.29, 1.82) is 0 Å². The summed E-state index contributed by atoms with van der Waals surface area (Å²) in [6.07, 6.45) is 0.685. The Balaban J connectivity index is 2.33. The van der Waals surface area contributed by atoms with Gasteiger partial charge in [-0.1, -0.05) is 33.6 Å². The minimum atomic E-state index is -0.335. The number of likely N-dealkylation sites (N-methyl/N-ethyl adjacent to an activating group) is 1. The molecule has 2 nitrogen and oxygen atoms in total. The smallest absolute Gasteiger partial charge is 0.124 e. The molecule has 2 aromatic carbocycles. The Morgan fingerprint density at radius 2 is 2.05 bits per heavy atom. The maximum Gasteiger partial charge on any atom is 0.124 e. The van der Waals surface area contributed by atoms with Gasteiger partial charge in [-0.05, 0) is 54.9 Å². The van der Waals surface area contributed by atoms with Crippen LogP contribution in [0.5, 0.6) is 5.75 Å². The molecular formula is C16H16BrClFNO. The highest BCUT2D eigenvalue weighted by Crippen LogP contribution is 2.31. The highest BCUT2D eigenvalue weighted by Gasteiger charge is 2.16. The van der Waals surface area contributed by atoms with E-state index in [1.807, 2.05) is 25.2 Å². The highest BCUT2D eigenvalue weighted by molar-refractivity contribution is 9.10. The Kier molecular flexibility index (Phi) is 5.62. The van der Waals surface area contributed by atoms with Crippen molar-refractivity contribution in [2.75, 3.05) is 14.2 Å². The number of hydrogen-bond acceptors (Lipinski definition) is 2. The van der Waals surface area contributed by atoms with Crippen molar-refractivity contribution in [2.45, 2.75) is 12.5 Å². The maximum absolute atomic E-state index is 13.2. The number of halogens is 3. The SMILES string of the molecule is CNC(Cc1cc(Br)ccc1OC)c1ccc(F)cc1Cl. The second-order valence-corrected chi connectivity index (χ2v) is 5.99. The van der Waals surface area contributed by atoms with Gasteiger partial charge in [0.05, 0.1) is 7.11 Å². The van der Waals surface area contributed by atoms with E-state index in [1.165, 1.54) is 12.1 Å². The van der Waals surface area contributed by atoms with E-state index in [0.717, 1.165) is 21.3 Å². The van der Waals surface area contributed by atoms with Crippen LogP contribution in [0.2, 0.25) is 5.02 Å². The fourth-order valence-electron chi connectivity index (χ4n) is 2.28. The lowest BCUT2D eigenvalue weighted by molar-refractivity contribution is 0.406. The fraction of sp³-hybridized carbons (Fsp3) is 0.250. The average Bonchev–Trinajstić information content (AvgIpc) is 2.45. The first-order valence-electron chi connectivity index (χ1n) is 6.49. The van der Waals surface area contributed by atoms with Crippen LogP contribution in [0.25, 0.3) is 0 Å². The summed E-state index contributed by atoms with van der Waals surface area (Å²) in [5, 5.41) is 3.64. The number of rotatable bonds is 5. The van der Waals surface area contributed by atoms with E-state index >= 15 is 0 Å². The van der Waals surface area contributed by atoms with Gasteiger partial charge in [0.15, 0.2) is 0 Å². The van der Waals surface area contributed by atoms with Crippen molar-refractivity contribution in [1.82, 2.24) is 5.32 Å². The molecule has 1 atom stereocenters. The van der Waals surface area contributed by atoms with Gasteiger partial charge >= 0.3 is 0 Å². The normalized spacial score (nSPS) is 12.2. The molecule has 0 aromatic heterocycles. The van der Waals surface area contributed by atoms with Crippen LogP contribution in [-0.2, 0) is 6.42 Å². The lowest BCUT2D eigenvalue weighted by atomic mass is 9.98. The summed E-state index contributed by atoms with van der Waals surface area (Å²) < 4.78 is 19.6. The third kappa shape index (κ3) is 3.96. The monoisotopic (exact) mass is 371 g/mol. The van der Waals surface area contributed by atoms with Gasteiger partial charge in [0.25, 0.3) is 0 Å². The predicted molar refractivity (Wildman–Crippen MR) is 87.6 cm³/mol. The fourth-order valence-corrected chi connectivity index (χ4v) is 2.99. The Morgan fingerprint density at radius 3 is 2.67 bits per heavy atom. The highest BCUT2D eigenvalue weighted by atomic mass is 79.9. The standard InChI is InChI=1S/C16H16BrClFNO/c1-20-15(13-5-4-12(19)9-14(13)18)8-10-7-11(17)3-6-16(10)21-2/h3-7,9,15,20H,8H2,1-2H3. The van der Waals surface area contributed by atoms with Crippen molar-refractivity contribution in [3.8, 4) is 5.75 Å². The summed E-state index contributed by atoms with van der Waals surface area (Å²) in [6, 6.07) is 10.3. The second-order valence-electron chi connectivity index (χ2n) is 4.67. The minimum Gasteiger partial charge on any atom is -0.496 e. The average molecular weight is 373 g/mol. The topological polar surface area (TPSA) is 21.3 Å². The van der Waals surface area contributed by atoms with Gasteiger partial charge < -0.3 is 10.1 Å². The van der Waals surface area contributed by atoms with Crippen LogP contribution in [0.3, 0.4) is 0 Å². The summed E-state index contributed by atoms with van der Waals surface area (Å²) in [5.41, 5.74) is 1.91. The van der Waals surface area contributed by atoms with Crippen molar-refractivity contribution in [3.63, 3.8) is 0 Å². The first-order valence-corrected chi connectivity index (χ1v) is 7.67. The number of nitrogens with one attached hydrogen (secondary N) is 1. The molecule has 5 heteroatoms. The van der Waals surface area contributed by atoms with E-state index in [1.54, 1.807) is 13.2 Å². The first-order chi connectivity index (χ1) is 10.0. The van der Waals surface area contributed by atoms with Gasteiger partial charge in [-0.15, -0.1) is 0 Å². The van der Waals surface area contributed by atoms with Crippen molar-refractivity contribution in [2.24, 2.45) is 0 Å². The molecule has 0 aliphatic rings. The summed E-state index contributed by atoms with van der Waals surface area (Å²) in [4.78, 5) is 0. The number of methoxy groups -OCH3 is 1. The van der Waals surface area contributed by atoms with Crippen molar-refractivity contribution >= 4 is 27.5 Å². The molecule has 0 bridgehead atoms. The summed E-state index contributed by atoms with van der Waals surface area (Å²) in [5.74, 6) is 0.482. The maximum atomic E-state index is 13.2. The molecule has 0 heterocycles. The van der Waals surface area contributed by atoms with Gasteiger partial charge in [-0.25, -0.2) is 4.39 Å². The molecule has 112 valence electrons. The zero-order valence-corrected chi connectivity index (χ0v) is 14.1. The van der Waals surface area contributed by atoms with Crippen molar-refractivity contribution < 1.29 is 9.13 Å². The second kappa shape index (κ2) is 7.25. The molecule has 0 saturated carbocycles. The number of ether oxygens (including phenoxy) is 1. The Morgan fingerprint density at radius 1 is 1.29 bits per heavy atom.